The molecule has 0 saturated heterocycles. The molecule has 0 radical (unpaired) electrons. The number of phosphoric acid groups is 1. The van der Waals surface area contributed by atoms with E-state index in [1.54, 1.807) is 0 Å². The lowest BCUT2D eigenvalue weighted by atomic mass is 10.1. The Morgan fingerprint density at radius 1 is 0.577 bits per heavy atom. The van der Waals surface area contributed by atoms with Crippen molar-refractivity contribution in [1.29, 1.82) is 0 Å². The number of ether oxygens (including phenoxy) is 2. The van der Waals surface area contributed by atoms with Crippen molar-refractivity contribution in [2.75, 3.05) is 26.4 Å². The molecule has 0 aromatic rings. The Balaban J connectivity index is 4.33. The predicted octanol–water partition coefficient (Wildman–Crippen LogP) is 11.3. The number of unbranched alkanes of at least 4 members (excludes halogenated alkanes) is 14. The van der Waals surface area contributed by atoms with Crippen molar-refractivity contribution in [2.45, 2.75) is 168 Å². The molecular weight excluding hydrogens is 677 g/mol. The van der Waals surface area contributed by atoms with Crippen molar-refractivity contribution in [3.05, 3.63) is 60.8 Å². The first kappa shape index (κ1) is 49.7. The number of phosphoric ester groups is 1. The summed E-state index contributed by atoms with van der Waals surface area (Å²) in [6.07, 6.45) is 44.0. The van der Waals surface area contributed by atoms with Crippen molar-refractivity contribution in [3.8, 4) is 0 Å². The predicted molar refractivity (Wildman–Crippen MR) is 215 cm³/mol. The van der Waals surface area contributed by atoms with Crippen LogP contribution in [0.4, 0.5) is 0 Å². The molecule has 0 aliphatic heterocycles. The topological polar surface area (TPSA) is 134 Å². The lowest BCUT2D eigenvalue weighted by molar-refractivity contribution is -0.161. The number of hydrogen-bond donors (Lipinski definition) is 2. The van der Waals surface area contributed by atoms with Gasteiger partial charge in [-0.3, -0.25) is 18.6 Å². The minimum Gasteiger partial charge on any atom is -0.462 e. The summed E-state index contributed by atoms with van der Waals surface area (Å²) in [5.74, 6) is -0.909. The van der Waals surface area contributed by atoms with Crippen molar-refractivity contribution >= 4 is 19.8 Å². The summed E-state index contributed by atoms with van der Waals surface area (Å²) in [7, 11) is -4.39. The molecular formula is C42H74NO8P. The number of carbonyl (C=O) groups is 2. The molecule has 0 aromatic carbocycles. The third-order valence-electron chi connectivity index (χ3n) is 8.13. The normalized spacial score (nSPS) is 14.0. The molecule has 9 nitrogen and oxygen atoms in total. The molecule has 2 atom stereocenters. The molecule has 10 heteroatoms. The minimum atomic E-state index is -4.39. The van der Waals surface area contributed by atoms with Crippen LogP contribution < -0.4 is 5.73 Å². The van der Waals surface area contributed by atoms with Gasteiger partial charge in [0.05, 0.1) is 13.2 Å². The van der Waals surface area contributed by atoms with Crippen LogP contribution in [0.15, 0.2) is 60.8 Å². The van der Waals surface area contributed by atoms with Gasteiger partial charge in [0.25, 0.3) is 0 Å². The van der Waals surface area contributed by atoms with Crippen LogP contribution in [0.2, 0.25) is 0 Å². The Labute approximate surface area is 317 Å². The van der Waals surface area contributed by atoms with E-state index in [1.165, 1.54) is 64.2 Å². The largest absolute Gasteiger partial charge is 0.472 e. The molecule has 300 valence electrons. The van der Waals surface area contributed by atoms with Crippen LogP contribution in [0, 0.1) is 0 Å². The highest BCUT2D eigenvalue weighted by molar-refractivity contribution is 7.47. The van der Waals surface area contributed by atoms with Gasteiger partial charge in [-0.25, -0.2) is 4.57 Å². The van der Waals surface area contributed by atoms with E-state index in [1.807, 2.05) is 6.08 Å². The van der Waals surface area contributed by atoms with Gasteiger partial charge in [0.15, 0.2) is 6.10 Å². The molecule has 0 amide bonds. The van der Waals surface area contributed by atoms with Gasteiger partial charge in [0.1, 0.15) is 6.61 Å². The molecule has 0 aliphatic rings. The van der Waals surface area contributed by atoms with Crippen LogP contribution in [0.3, 0.4) is 0 Å². The van der Waals surface area contributed by atoms with Gasteiger partial charge in [0.2, 0.25) is 0 Å². The third kappa shape index (κ3) is 37.5. The maximum absolute atomic E-state index is 12.5. The fourth-order valence-corrected chi connectivity index (χ4v) is 5.86. The first-order valence-corrected chi connectivity index (χ1v) is 21.8. The smallest absolute Gasteiger partial charge is 0.462 e. The number of carbonyl (C=O) groups excluding carboxylic acids is 2. The Morgan fingerprint density at radius 3 is 1.60 bits per heavy atom. The molecule has 0 spiro atoms. The monoisotopic (exact) mass is 752 g/mol. The zero-order valence-electron chi connectivity index (χ0n) is 32.8. The van der Waals surface area contributed by atoms with Crippen molar-refractivity contribution in [2.24, 2.45) is 5.73 Å². The first-order valence-electron chi connectivity index (χ1n) is 20.3. The van der Waals surface area contributed by atoms with E-state index in [-0.39, 0.29) is 32.6 Å². The molecule has 0 heterocycles. The van der Waals surface area contributed by atoms with E-state index >= 15 is 0 Å². The molecule has 3 N–H and O–H groups in total. The lowest BCUT2D eigenvalue weighted by Gasteiger charge is -2.19. The minimum absolute atomic E-state index is 0.0413. The fourth-order valence-electron chi connectivity index (χ4n) is 5.09. The van der Waals surface area contributed by atoms with Gasteiger partial charge >= 0.3 is 19.8 Å². The zero-order chi connectivity index (χ0) is 38.2. The maximum Gasteiger partial charge on any atom is 0.472 e. The Kier molecular flexibility index (Phi) is 36.7. The highest BCUT2D eigenvalue weighted by Crippen LogP contribution is 2.43. The van der Waals surface area contributed by atoms with Crippen molar-refractivity contribution in [1.82, 2.24) is 0 Å². The summed E-state index contributed by atoms with van der Waals surface area (Å²) in [4.78, 5) is 34.7. The van der Waals surface area contributed by atoms with Gasteiger partial charge in [0, 0.05) is 19.4 Å². The van der Waals surface area contributed by atoms with Crippen LogP contribution in [-0.4, -0.2) is 49.3 Å². The molecule has 0 saturated carbocycles. The Morgan fingerprint density at radius 2 is 1.02 bits per heavy atom. The second kappa shape index (κ2) is 38.4. The molecule has 0 aliphatic carbocycles. The highest BCUT2D eigenvalue weighted by atomic mass is 31.2. The number of nitrogens with two attached hydrogens (primary N) is 1. The maximum atomic E-state index is 12.5. The van der Waals surface area contributed by atoms with Gasteiger partial charge in [-0.15, -0.1) is 0 Å². The van der Waals surface area contributed by atoms with Crippen LogP contribution in [0.1, 0.15) is 162 Å². The quantitative estimate of drug-likeness (QED) is 0.0275. The molecule has 0 bridgehead atoms. The highest BCUT2D eigenvalue weighted by Gasteiger charge is 2.25. The fraction of sp³-hybridized carbons (Fsp3) is 0.714. The summed E-state index contributed by atoms with van der Waals surface area (Å²) in [5.41, 5.74) is 5.33. The molecule has 52 heavy (non-hydrogen) atoms. The van der Waals surface area contributed by atoms with Gasteiger partial charge < -0.3 is 20.1 Å². The second-order valence-corrected chi connectivity index (χ2v) is 14.6. The number of allylic oxidation sites excluding steroid dienone is 10. The summed E-state index contributed by atoms with van der Waals surface area (Å²) < 4.78 is 32.6. The second-order valence-electron chi connectivity index (χ2n) is 13.1. The summed E-state index contributed by atoms with van der Waals surface area (Å²) in [6.45, 7) is 3.60. The van der Waals surface area contributed by atoms with E-state index in [2.05, 4.69) is 68.5 Å². The Bertz CT molecular complexity index is 1040. The van der Waals surface area contributed by atoms with E-state index < -0.39 is 32.5 Å². The van der Waals surface area contributed by atoms with Gasteiger partial charge in [-0.1, -0.05) is 132 Å². The molecule has 1 unspecified atom stereocenters. The van der Waals surface area contributed by atoms with Gasteiger partial charge in [-0.05, 0) is 77.0 Å². The summed E-state index contributed by atoms with van der Waals surface area (Å²) in [6, 6.07) is 0. The van der Waals surface area contributed by atoms with Crippen LogP contribution in [-0.2, 0) is 32.7 Å². The van der Waals surface area contributed by atoms with Crippen molar-refractivity contribution < 1.29 is 37.6 Å². The molecule has 0 fully saturated rings. The zero-order valence-corrected chi connectivity index (χ0v) is 33.7. The summed E-state index contributed by atoms with van der Waals surface area (Å²) >= 11 is 0. The number of esters is 2. The van der Waals surface area contributed by atoms with E-state index in [4.69, 9.17) is 24.3 Å². The molecule has 0 aromatic heterocycles. The average molecular weight is 752 g/mol. The average Bonchev–Trinajstić information content (AvgIpc) is 3.13. The lowest BCUT2D eigenvalue weighted by Crippen LogP contribution is -2.29. The van der Waals surface area contributed by atoms with E-state index in [9.17, 15) is 19.0 Å². The summed E-state index contributed by atoms with van der Waals surface area (Å²) in [5, 5.41) is 0. The van der Waals surface area contributed by atoms with Crippen LogP contribution >= 0.6 is 7.82 Å². The van der Waals surface area contributed by atoms with E-state index in [0.29, 0.717) is 19.3 Å². The number of hydrogen-bond acceptors (Lipinski definition) is 8. The Hall–Kier alpha value is -2.29. The van der Waals surface area contributed by atoms with Crippen molar-refractivity contribution in [3.63, 3.8) is 0 Å². The standard InChI is InChI=1S/C42H74NO8P/c1-3-5-7-9-11-13-15-17-19-20-21-23-25-27-29-31-33-35-42(45)51-40(39-50-52(46,47)49-37-36-43)38-48-41(44)34-32-30-28-26-24-22-18-16-14-12-10-8-6-4-2/h11,13,16-19,21,23,27,29,40H,3-10,12,14-15,20,22,24-26,28,30-39,43H2,1-2H3,(H,46,47)/b13-11-,18-16-,19-17-,23-21-,29-27-/t40-/m1/s1. The van der Waals surface area contributed by atoms with Crippen LogP contribution in [0.25, 0.3) is 0 Å². The van der Waals surface area contributed by atoms with E-state index in [0.717, 1.165) is 51.4 Å². The van der Waals surface area contributed by atoms with Crippen LogP contribution in [0.5, 0.6) is 0 Å². The number of rotatable bonds is 37. The SMILES string of the molecule is CCCCC/C=C\C/C=C\C/C=C\C/C=C\CCCC(=O)O[C@H](COC(=O)CCCCCCC/C=C\CCCCCCC)COP(=O)(O)OCCN. The van der Waals surface area contributed by atoms with Gasteiger partial charge in [-0.2, -0.15) is 0 Å². The molecule has 0 rings (SSSR count). The first-order chi connectivity index (χ1) is 25.3. The third-order valence-corrected chi connectivity index (χ3v) is 9.11.